The Balaban J connectivity index is 0.00000220. The van der Waals surface area contributed by atoms with Crippen LogP contribution in [0.4, 0.5) is 4.39 Å². The van der Waals surface area contributed by atoms with Crippen LogP contribution in [0.25, 0.3) is 5.70 Å². The second kappa shape index (κ2) is 8.51. The van der Waals surface area contributed by atoms with Crippen molar-refractivity contribution in [1.82, 2.24) is 4.90 Å². The van der Waals surface area contributed by atoms with E-state index < -0.39 is 0 Å². The predicted molar refractivity (Wildman–Crippen MR) is 86.0 cm³/mol. The first-order chi connectivity index (χ1) is 9.56. The van der Waals surface area contributed by atoms with Crippen molar-refractivity contribution < 1.29 is 41.8 Å². The van der Waals surface area contributed by atoms with Crippen molar-refractivity contribution in [3.8, 4) is 5.75 Å². The van der Waals surface area contributed by atoms with Gasteiger partial charge in [0, 0.05) is 39.8 Å². The average molecular weight is 444 g/mol. The van der Waals surface area contributed by atoms with Gasteiger partial charge in [-0.3, -0.25) is 0 Å². The molecule has 6 heteroatoms. The van der Waals surface area contributed by atoms with Gasteiger partial charge in [0.15, 0.2) is 0 Å². The molecular formula is C15H14BrFNOSY-. The van der Waals surface area contributed by atoms with E-state index in [-0.39, 0.29) is 38.5 Å². The SMILES string of the molecule is C=C1C(Br)=C[C-]=C(c2c(F)cccc2OCSC)N1C.[Y]. The molecule has 0 N–H and O–H groups in total. The number of hydrogen-bond acceptors (Lipinski definition) is 3. The maximum Gasteiger partial charge on any atom is 0.132 e. The van der Waals surface area contributed by atoms with Gasteiger partial charge in [0.05, 0.1) is 11.6 Å². The summed E-state index contributed by atoms with van der Waals surface area (Å²) in [7, 11) is 1.82. The third-order valence-electron chi connectivity index (χ3n) is 2.90. The van der Waals surface area contributed by atoms with Gasteiger partial charge in [-0.15, -0.1) is 27.7 Å². The molecule has 0 aliphatic carbocycles. The van der Waals surface area contributed by atoms with Gasteiger partial charge in [-0.25, -0.2) is 4.39 Å². The first-order valence-electron chi connectivity index (χ1n) is 5.89. The number of thioether (sulfide) groups is 1. The number of hydrogen-bond donors (Lipinski definition) is 0. The summed E-state index contributed by atoms with van der Waals surface area (Å²) in [6, 6.07) is 4.81. The standard InChI is InChI=1S/C15H14BrFNOS.Y/c1-10-11(16)7-8-13(18(10)2)15-12(17)5-4-6-14(15)19-9-20-3;/h4-7H,1,9H2,2-3H3;/q-1;. The predicted octanol–water partition coefficient (Wildman–Crippen LogP) is 4.40. The molecule has 2 nitrogen and oxygen atoms in total. The number of nitrogens with zero attached hydrogens (tertiary/aromatic N) is 1. The number of allylic oxidation sites excluding steroid dienone is 3. The number of halogens is 2. The molecule has 0 unspecified atom stereocenters. The molecule has 0 amide bonds. The molecule has 1 aromatic rings. The normalized spacial score (nSPS) is 14.3. The molecule has 21 heavy (non-hydrogen) atoms. The Labute approximate surface area is 162 Å². The average Bonchev–Trinajstić information content (AvgIpc) is 2.44. The van der Waals surface area contributed by atoms with Crippen LogP contribution in [-0.4, -0.2) is 24.1 Å². The van der Waals surface area contributed by atoms with Crippen molar-refractivity contribution >= 4 is 33.4 Å². The summed E-state index contributed by atoms with van der Waals surface area (Å²) < 4.78 is 20.7. The van der Waals surface area contributed by atoms with E-state index in [0.29, 0.717) is 22.9 Å². The molecule has 1 aliphatic heterocycles. The number of benzene rings is 1. The minimum atomic E-state index is -0.336. The van der Waals surface area contributed by atoms with E-state index in [1.165, 1.54) is 17.8 Å². The molecule has 0 fully saturated rings. The zero-order valence-electron chi connectivity index (χ0n) is 11.8. The van der Waals surface area contributed by atoms with Gasteiger partial charge in [-0.2, -0.15) is 12.2 Å². The molecule has 0 bridgehead atoms. The van der Waals surface area contributed by atoms with Gasteiger partial charge in [0.2, 0.25) is 0 Å². The van der Waals surface area contributed by atoms with Crippen molar-refractivity contribution in [1.29, 1.82) is 0 Å². The molecule has 1 aliphatic rings. The summed E-state index contributed by atoms with van der Waals surface area (Å²) in [4.78, 5) is 1.79. The summed E-state index contributed by atoms with van der Waals surface area (Å²) in [6.07, 6.45) is 6.74. The van der Waals surface area contributed by atoms with Gasteiger partial charge < -0.3 is 9.64 Å². The van der Waals surface area contributed by atoms with Crippen molar-refractivity contribution in [3.05, 3.63) is 58.5 Å². The molecule has 0 spiro atoms. The van der Waals surface area contributed by atoms with Gasteiger partial charge in [-0.05, 0) is 29.6 Å². The Morgan fingerprint density at radius 2 is 2.19 bits per heavy atom. The van der Waals surface area contributed by atoms with Crippen LogP contribution in [0.3, 0.4) is 0 Å². The second-order valence-electron chi connectivity index (χ2n) is 4.15. The van der Waals surface area contributed by atoms with Crippen molar-refractivity contribution in [2.45, 2.75) is 0 Å². The molecule has 1 radical (unpaired) electrons. The topological polar surface area (TPSA) is 12.5 Å². The van der Waals surface area contributed by atoms with Crippen LogP contribution in [0.15, 0.2) is 41.0 Å². The number of rotatable bonds is 4. The van der Waals surface area contributed by atoms with Gasteiger partial charge >= 0.3 is 0 Å². The summed E-state index contributed by atoms with van der Waals surface area (Å²) in [5.41, 5.74) is 1.76. The minimum Gasteiger partial charge on any atom is -0.495 e. The third-order valence-corrected chi connectivity index (χ3v) is 3.94. The molecule has 1 aromatic carbocycles. The van der Waals surface area contributed by atoms with Crippen LogP contribution in [-0.2, 0) is 32.7 Å². The van der Waals surface area contributed by atoms with Crippen molar-refractivity contribution in [2.24, 2.45) is 0 Å². The van der Waals surface area contributed by atoms with Gasteiger partial charge in [-0.1, -0.05) is 22.8 Å². The molecule has 0 saturated carbocycles. The number of likely N-dealkylation sites (N-methyl/N-ethyl adjacent to an activating group) is 1. The quantitative estimate of drug-likeness (QED) is 0.505. The van der Waals surface area contributed by atoms with Gasteiger partial charge in [0.1, 0.15) is 5.94 Å². The first-order valence-corrected chi connectivity index (χ1v) is 8.07. The fraction of sp³-hybridized carbons (Fsp3) is 0.200. The fourth-order valence-corrected chi connectivity index (χ4v) is 2.45. The maximum absolute atomic E-state index is 14.2. The molecular weight excluding hydrogens is 430 g/mol. The van der Waals surface area contributed by atoms with Crippen LogP contribution in [0.1, 0.15) is 5.56 Å². The summed E-state index contributed by atoms with van der Waals surface area (Å²) in [6.45, 7) is 3.96. The zero-order chi connectivity index (χ0) is 14.7. The van der Waals surface area contributed by atoms with Crippen LogP contribution >= 0.6 is 27.7 Å². The summed E-state index contributed by atoms with van der Waals surface area (Å²) in [5, 5.41) is 0. The fourth-order valence-electron chi connectivity index (χ4n) is 1.82. The largest absolute Gasteiger partial charge is 0.495 e. The van der Waals surface area contributed by atoms with Crippen LogP contribution in [0.5, 0.6) is 5.75 Å². The van der Waals surface area contributed by atoms with Crippen LogP contribution in [0.2, 0.25) is 0 Å². The van der Waals surface area contributed by atoms with Crippen LogP contribution < -0.4 is 4.74 Å². The third kappa shape index (κ3) is 4.22. The van der Waals surface area contributed by atoms with Crippen molar-refractivity contribution in [2.75, 3.05) is 19.2 Å². The summed E-state index contributed by atoms with van der Waals surface area (Å²) in [5.74, 6) is 0.638. The Kier molecular flexibility index (Phi) is 7.68. The van der Waals surface area contributed by atoms with E-state index in [2.05, 4.69) is 28.6 Å². The van der Waals surface area contributed by atoms with E-state index >= 15 is 0 Å². The second-order valence-corrected chi connectivity index (χ2v) is 5.82. The molecule has 1 heterocycles. The molecule has 0 aromatic heterocycles. The first kappa shape index (κ1) is 19.0. The Bertz CT molecular complexity index is 603. The van der Waals surface area contributed by atoms with E-state index in [1.54, 1.807) is 23.1 Å². The summed E-state index contributed by atoms with van der Waals surface area (Å²) >= 11 is 4.92. The van der Waals surface area contributed by atoms with Gasteiger partial charge in [0.25, 0.3) is 0 Å². The number of ether oxygens (including phenoxy) is 1. The maximum atomic E-state index is 14.2. The minimum absolute atomic E-state index is 0. The Hall–Kier alpha value is -0.0961. The van der Waals surface area contributed by atoms with Crippen molar-refractivity contribution in [3.63, 3.8) is 0 Å². The van der Waals surface area contributed by atoms with E-state index in [0.717, 1.165) is 10.2 Å². The van der Waals surface area contributed by atoms with E-state index in [9.17, 15) is 4.39 Å². The molecule has 109 valence electrons. The Morgan fingerprint density at radius 3 is 2.86 bits per heavy atom. The molecule has 0 atom stereocenters. The zero-order valence-corrected chi connectivity index (χ0v) is 17.1. The van der Waals surface area contributed by atoms with E-state index in [1.807, 2.05) is 13.3 Å². The monoisotopic (exact) mass is 443 g/mol. The smallest absolute Gasteiger partial charge is 0.132 e. The Morgan fingerprint density at radius 1 is 1.48 bits per heavy atom. The van der Waals surface area contributed by atoms with E-state index in [4.69, 9.17) is 4.74 Å². The van der Waals surface area contributed by atoms with Crippen LogP contribution in [0, 0.1) is 11.9 Å². The molecule has 2 rings (SSSR count). The molecule has 0 saturated heterocycles.